The molecule has 0 aromatic heterocycles. The maximum absolute atomic E-state index is 14.1. The summed E-state index contributed by atoms with van der Waals surface area (Å²) in [5, 5.41) is 2.95. The third-order valence-electron chi connectivity index (χ3n) is 7.19. The molecule has 220 valence electrons. The Labute approximate surface area is 244 Å². The van der Waals surface area contributed by atoms with Crippen LogP contribution in [0, 0.1) is 20.8 Å². The van der Waals surface area contributed by atoms with Crippen LogP contribution in [0.25, 0.3) is 0 Å². The van der Waals surface area contributed by atoms with Crippen LogP contribution >= 0.6 is 0 Å². The van der Waals surface area contributed by atoms with Crippen molar-refractivity contribution in [3.05, 3.63) is 89.0 Å². The van der Waals surface area contributed by atoms with Crippen LogP contribution in [0.4, 0.5) is 5.69 Å². The van der Waals surface area contributed by atoms with Crippen molar-refractivity contribution in [3.63, 3.8) is 0 Å². The highest BCUT2D eigenvalue weighted by Crippen LogP contribution is 2.28. The van der Waals surface area contributed by atoms with E-state index in [2.05, 4.69) is 5.32 Å². The smallest absolute Gasteiger partial charge is 0.264 e. The Kier molecular flexibility index (Phi) is 10.6. The number of carbonyl (C=O) groups is 2. The van der Waals surface area contributed by atoms with Gasteiger partial charge in [-0.1, -0.05) is 54.4 Å². The predicted octanol–water partition coefficient (Wildman–Crippen LogP) is 5.15. The van der Waals surface area contributed by atoms with Gasteiger partial charge in [-0.15, -0.1) is 0 Å². The van der Waals surface area contributed by atoms with Gasteiger partial charge in [0.15, 0.2) is 0 Å². The second kappa shape index (κ2) is 13.7. The van der Waals surface area contributed by atoms with E-state index in [4.69, 9.17) is 4.74 Å². The topological polar surface area (TPSA) is 96.0 Å². The number of sulfonamides is 1. The van der Waals surface area contributed by atoms with Crippen LogP contribution in [-0.2, 0) is 26.2 Å². The van der Waals surface area contributed by atoms with Crippen molar-refractivity contribution < 1.29 is 22.7 Å². The number of hydrogen-bond acceptors (Lipinski definition) is 5. The van der Waals surface area contributed by atoms with E-state index in [1.807, 2.05) is 58.9 Å². The molecule has 1 N–H and O–H groups in total. The fourth-order valence-electron chi connectivity index (χ4n) is 4.41. The summed E-state index contributed by atoms with van der Waals surface area (Å²) in [6.07, 6.45) is 0.736. The maximum Gasteiger partial charge on any atom is 0.264 e. The van der Waals surface area contributed by atoms with E-state index in [0.29, 0.717) is 11.4 Å². The van der Waals surface area contributed by atoms with E-state index in [1.54, 1.807) is 56.5 Å². The first-order valence-corrected chi connectivity index (χ1v) is 15.2. The molecule has 0 heterocycles. The Hall–Kier alpha value is -3.85. The average molecular weight is 580 g/mol. The molecular formula is C32H41N3O5S. The van der Waals surface area contributed by atoms with Gasteiger partial charge in [-0.05, 0) is 82.5 Å². The molecule has 0 spiro atoms. The molecule has 0 saturated heterocycles. The number of amides is 2. The first-order valence-electron chi connectivity index (χ1n) is 13.8. The summed E-state index contributed by atoms with van der Waals surface area (Å²) in [5.74, 6) is -0.136. The van der Waals surface area contributed by atoms with Crippen LogP contribution in [0.15, 0.2) is 71.6 Å². The van der Waals surface area contributed by atoms with Crippen LogP contribution in [0.5, 0.6) is 5.75 Å². The molecule has 0 unspecified atom stereocenters. The summed E-state index contributed by atoms with van der Waals surface area (Å²) >= 11 is 0. The number of nitrogens with one attached hydrogen (secondary N) is 1. The SMILES string of the molecule is CC[C@H](C)NC(=O)[C@@H](C)N(Cc1ccc(OC)cc1)C(=O)CN(c1ccc(C)cc1C)S(=O)(=O)c1ccc(C)cc1. The molecule has 0 bridgehead atoms. The van der Waals surface area contributed by atoms with Crippen molar-refractivity contribution in [2.24, 2.45) is 0 Å². The highest BCUT2D eigenvalue weighted by Gasteiger charge is 2.33. The molecule has 0 fully saturated rings. The fraction of sp³-hybridized carbons (Fsp3) is 0.375. The second-order valence-electron chi connectivity index (χ2n) is 10.5. The van der Waals surface area contributed by atoms with Crippen molar-refractivity contribution in [2.45, 2.75) is 71.5 Å². The Morgan fingerprint density at radius 1 is 0.902 bits per heavy atom. The molecule has 0 aliphatic heterocycles. The monoisotopic (exact) mass is 579 g/mol. The first kappa shape index (κ1) is 31.7. The number of anilines is 1. The number of methoxy groups -OCH3 is 1. The van der Waals surface area contributed by atoms with Gasteiger partial charge in [-0.2, -0.15) is 0 Å². The van der Waals surface area contributed by atoms with Crippen molar-refractivity contribution in [1.29, 1.82) is 0 Å². The molecular weight excluding hydrogens is 538 g/mol. The second-order valence-corrected chi connectivity index (χ2v) is 12.3. The minimum Gasteiger partial charge on any atom is -0.497 e. The van der Waals surface area contributed by atoms with Crippen LogP contribution < -0.4 is 14.4 Å². The number of benzene rings is 3. The lowest BCUT2D eigenvalue weighted by Gasteiger charge is -2.33. The molecule has 8 nitrogen and oxygen atoms in total. The Morgan fingerprint density at radius 3 is 2.07 bits per heavy atom. The highest BCUT2D eigenvalue weighted by molar-refractivity contribution is 7.92. The number of nitrogens with zero attached hydrogens (tertiary/aromatic N) is 2. The van der Waals surface area contributed by atoms with Gasteiger partial charge in [-0.3, -0.25) is 13.9 Å². The van der Waals surface area contributed by atoms with Crippen molar-refractivity contribution >= 4 is 27.5 Å². The van der Waals surface area contributed by atoms with Crippen LogP contribution in [0.2, 0.25) is 0 Å². The lowest BCUT2D eigenvalue weighted by Crippen LogP contribution is -2.52. The van der Waals surface area contributed by atoms with Crippen molar-refractivity contribution in [2.75, 3.05) is 18.0 Å². The summed E-state index contributed by atoms with van der Waals surface area (Å²) in [5.41, 5.74) is 3.80. The van der Waals surface area contributed by atoms with E-state index in [1.165, 1.54) is 4.90 Å². The first-order chi connectivity index (χ1) is 19.4. The molecule has 3 aromatic carbocycles. The number of aryl methyl sites for hydroxylation is 3. The van der Waals surface area contributed by atoms with Crippen LogP contribution in [0.1, 0.15) is 49.4 Å². The quantitative estimate of drug-likeness (QED) is 0.320. The van der Waals surface area contributed by atoms with Crippen molar-refractivity contribution in [1.82, 2.24) is 10.2 Å². The third kappa shape index (κ3) is 7.88. The van der Waals surface area contributed by atoms with Gasteiger partial charge >= 0.3 is 0 Å². The molecule has 3 aromatic rings. The van der Waals surface area contributed by atoms with Crippen LogP contribution in [-0.4, -0.2) is 50.9 Å². The fourth-order valence-corrected chi connectivity index (χ4v) is 5.89. The van der Waals surface area contributed by atoms with Gasteiger partial charge in [0.2, 0.25) is 11.8 Å². The maximum atomic E-state index is 14.1. The van der Waals surface area contributed by atoms with E-state index in [0.717, 1.165) is 33.0 Å². The van der Waals surface area contributed by atoms with Gasteiger partial charge in [-0.25, -0.2) is 8.42 Å². The van der Waals surface area contributed by atoms with Gasteiger partial charge in [0, 0.05) is 12.6 Å². The normalized spacial score (nSPS) is 12.8. The van der Waals surface area contributed by atoms with E-state index < -0.39 is 28.5 Å². The number of rotatable bonds is 12. The largest absolute Gasteiger partial charge is 0.497 e. The Bertz CT molecular complexity index is 1450. The minimum absolute atomic E-state index is 0.0727. The third-order valence-corrected chi connectivity index (χ3v) is 8.96. The number of hydrogen-bond donors (Lipinski definition) is 1. The lowest BCUT2D eigenvalue weighted by molar-refractivity contribution is -0.139. The number of ether oxygens (including phenoxy) is 1. The molecule has 0 aliphatic rings. The highest BCUT2D eigenvalue weighted by atomic mass is 32.2. The lowest BCUT2D eigenvalue weighted by atomic mass is 10.1. The molecule has 2 atom stereocenters. The van der Waals surface area contributed by atoms with Gasteiger partial charge in [0.25, 0.3) is 10.0 Å². The molecule has 0 radical (unpaired) electrons. The van der Waals surface area contributed by atoms with Gasteiger partial charge in [0.1, 0.15) is 18.3 Å². The summed E-state index contributed by atoms with van der Waals surface area (Å²) < 4.78 is 34.4. The zero-order valence-corrected chi connectivity index (χ0v) is 25.8. The average Bonchev–Trinajstić information content (AvgIpc) is 2.94. The minimum atomic E-state index is -4.12. The molecule has 41 heavy (non-hydrogen) atoms. The summed E-state index contributed by atoms with van der Waals surface area (Å²) in [4.78, 5) is 28.8. The number of carbonyl (C=O) groups excluding carboxylic acids is 2. The summed E-state index contributed by atoms with van der Waals surface area (Å²) in [7, 11) is -2.55. The van der Waals surface area contributed by atoms with Crippen LogP contribution in [0.3, 0.4) is 0 Å². The Morgan fingerprint density at radius 2 is 1.51 bits per heavy atom. The van der Waals surface area contributed by atoms with E-state index in [-0.39, 0.29) is 23.4 Å². The summed E-state index contributed by atoms with van der Waals surface area (Å²) in [6, 6.07) is 18.3. The Balaban J connectivity index is 2.05. The predicted molar refractivity (Wildman–Crippen MR) is 163 cm³/mol. The molecule has 0 saturated carbocycles. The molecule has 2 amide bonds. The zero-order valence-electron chi connectivity index (χ0n) is 25.0. The van der Waals surface area contributed by atoms with E-state index >= 15 is 0 Å². The van der Waals surface area contributed by atoms with Crippen molar-refractivity contribution in [3.8, 4) is 5.75 Å². The molecule has 3 rings (SSSR count). The van der Waals surface area contributed by atoms with Gasteiger partial charge < -0.3 is 15.0 Å². The standard InChI is InChI=1S/C32H41N3O5S/c1-8-25(5)33-32(37)26(6)34(20-27-12-14-28(40-7)15-13-27)31(36)21-35(30-18-11-23(3)19-24(30)4)41(38,39)29-16-9-22(2)10-17-29/h9-19,25-26H,8,20-21H2,1-7H3,(H,33,37)/t25-,26+/m0/s1. The molecule has 0 aliphatic carbocycles. The molecule has 9 heteroatoms. The summed E-state index contributed by atoms with van der Waals surface area (Å²) in [6.45, 7) is 10.8. The van der Waals surface area contributed by atoms with E-state index in [9.17, 15) is 18.0 Å². The van der Waals surface area contributed by atoms with Gasteiger partial charge in [0.05, 0.1) is 17.7 Å². The zero-order chi connectivity index (χ0) is 30.3.